The highest BCUT2D eigenvalue weighted by atomic mass is 16.5. The molecule has 0 N–H and O–H groups in total. The van der Waals surface area contributed by atoms with Crippen molar-refractivity contribution in [3.05, 3.63) is 46.4 Å². The summed E-state index contributed by atoms with van der Waals surface area (Å²) in [6, 6.07) is 3.18. The van der Waals surface area contributed by atoms with Gasteiger partial charge in [-0.1, -0.05) is 0 Å². The van der Waals surface area contributed by atoms with E-state index in [2.05, 4.69) is 9.97 Å². The molecule has 21 heavy (non-hydrogen) atoms. The Morgan fingerprint density at radius 3 is 2.43 bits per heavy atom. The van der Waals surface area contributed by atoms with Crippen LogP contribution >= 0.6 is 0 Å². The van der Waals surface area contributed by atoms with Crippen LogP contribution in [0.5, 0.6) is 11.6 Å². The molecule has 0 radical (unpaired) electrons. The lowest BCUT2D eigenvalue weighted by atomic mass is 9.87. The van der Waals surface area contributed by atoms with Crippen molar-refractivity contribution in [3.63, 3.8) is 0 Å². The number of ketones is 2. The summed E-state index contributed by atoms with van der Waals surface area (Å²) in [6.07, 6.45) is 1.50. The van der Waals surface area contributed by atoms with E-state index in [4.69, 9.17) is 9.47 Å². The van der Waals surface area contributed by atoms with Gasteiger partial charge in [0.2, 0.25) is 17.4 Å². The van der Waals surface area contributed by atoms with Crippen molar-refractivity contribution in [2.75, 3.05) is 14.2 Å². The Morgan fingerprint density at radius 2 is 1.76 bits per heavy atom. The maximum absolute atomic E-state index is 12.7. The van der Waals surface area contributed by atoms with Crippen LogP contribution in [0.2, 0.25) is 0 Å². The Bertz CT molecular complexity index is 783. The zero-order chi connectivity index (χ0) is 15.1. The Balaban J connectivity index is 2.35. The number of aryl methyl sites for hydroxylation is 1. The first-order chi connectivity index (χ1) is 10.1. The molecule has 6 nitrogen and oxygen atoms in total. The van der Waals surface area contributed by atoms with Gasteiger partial charge < -0.3 is 9.47 Å². The predicted octanol–water partition coefficient (Wildman–Crippen LogP) is 1.58. The zero-order valence-corrected chi connectivity index (χ0v) is 11.8. The molecule has 2 aromatic rings. The fourth-order valence-electron chi connectivity index (χ4n) is 2.40. The van der Waals surface area contributed by atoms with Crippen LogP contribution in [0.15, 0.2) is 18.3 Å². The smallest absolute Gasteiger partial charge is 0.231 e. The fraction of sp³-hybridized carbons (Fsp3) is 0.200. The molecule has 0 fully saturated rings. The minimum absolute atomic E-state index is 0.0156. The largest absolute Gasteiger partial charge is 0.496 e. The predicted molar refractivity (Wildman–Crippen MR) is 73.2 cm³/mol. The standard InChI is InChI=1S/C15H12N2O4/c1-7-4-5-16-12-10(7)14(18)11-8(20-2)6-9(21-3)17-13(11)15(12)19/h4-6H,1-3H3. The van der Waals surface area contributed by atoms with E-state index in [1.807, 2.05) is 0 Å². The summed E-state index contributed by atoms with van der Waals surface area (Å²) in [5.41, 5.74) is 1.30. The lowest BCUT2D eigenvalue weighted by molar-refractivity contribution is 0.0967. The molecule has 0 unspecified atom stereocenters. The first-order valence-corrected chi connectivity index (χ1v) is 6.26. The van der Waals surface area contributed by atoms with Crippen molar-refractivity contribution in [1.82, 2.24) is 9.97 Å². The van der Waals surface area contributed by atoms with Crippen molar-refractivity contribution in [2.24, 2.45) is 0 Å². The van der Waals surface area contributed by atoms with Crippen LogP contribution in [0.4, 0.5) is 0 Å². The van der Waals surface area contributed by atoms with Gasteiger partial charge in [-0.3, -0.25) is 14.6 Å². The van der Waals surface area contributed by atoms with Crippen LogP contribution in [0.3, 0.4) is 0 Å². The number of pyridine rings is 2. The Hall–Kier alpha value is -2.76. The third-order valence-corrected chi connectivity index (χ3v) is 3.43. The highest BCUT2D eigenvalue weighted by molar-refractivity contribution is 6.28. The number of fused-ring (bicyclic) bond motifs is 2. The van der Waals surface area contributed by atoms with Gasteiger partial charge in [-0.25, -0.2) is 4.98 Å². The van der Waals surface area contributed by atoms with E-state index in [0.29, 0.717) is 11.1 Å². The second-order valence-electron chi connectivity index (χ2n) is 4.60. The normalized spacial score (nSPS) is 12.7. The number of rotatable bonds is 2. The molecule has 2 aromatic heterocycles. The number of hydrogen-bond acceptors (Lipinski definition) is 6. The summed E-state index contributed by atoms with van der Waals surface area (Å²) in [4.78, 5) is 33.4. The molecule has 0 saturated heterocycles. The molecule has 6 heteroatoms. The summed E-state index contributed by atoms with van der Waals surface area (Å²) >= 11 is 0. The monoisotopic (exact) mass is 284 g/mol. The number of hydrogen-bond donors (Lipinski definition) is 0. The summed E-state index contributed by atoms with van der Waals surface area (Å²) in [6.45, 7) is 1.76. The number of ether oxygens (including phenoxy) is 2. The topological polar surface area (TPSA) is 78.4 Å². The van der Waals surface area contributed by atoms with Crippen LogP contribution in [-0.2, 0) is 0 Å². The molecule has 1 aliphatic carbocycles. The van der Waals surface area contributed by atoms with Crippen molar-refractivity contribution in [3.8, 4) is 11.6 Å². The van der Waals surface area contributed by atoms with Gasteiger partial charge in [0.25, 0.3) is 0 Å². The van der Waals surface area contributed by atoms with Gasteiger partial charge in [0.15, 0.2) is 0 Å². The van der Waals surface area contributed by atoms with E-state index in [1.54, 1.807) is 13.0 Å². The van der Waals surface area contributed by atoms with Crippen LogP contribution < -0.4 is 9.47 Å². The maximum atomic E-state index is 12.7. The molecule has 0 bridgehead atoms. The van der Waals surface area contributed by atoms with Crippen molar-refractivity contribution in [1.29, 1.82) is 0 Å². The second kappa shape index (κ2) is 4.66. The minimum Gasteiger partial charge on any atom is -0.496 e. The maximum Gasteiger partial charge on any atom is 0.231 e. The quantitative estimate of drug-likeness (QED) is 0.711. The molecular weight excluding hydrogens is 272 g/mol. The van der Waals surface area contributed by atoms with Crippen LogP contribution in [0.1, 0.15) is 37.7 Å². The number of nitrogens with zero attached hydrogens (tertiary/aromatic N) is 2. The van der Waals surface area contributed by atoms with E-state index in [1.165, 1.54) is 26.5 Å². The number of aromatic nitrogens is 2. The Labute approximate surface area is 120 Å². The molecule has 0 spiro atoms. The first kappa shape index (κ1) is 13.2. The van der Waals surface area contributed by atoms with Gasteiger partial charge in [0.1, 0.15) is 17.1 Å². The summed E-state index contributed by atoms with van der Waals surface area (Å²) in [5, 5.41) is 0. The van der Waals surface area contributed by atoms with Crippen molar-refractivity contribution < 1.29 is 19.1 Å². The van der Waals surface area contributed by atoms with Gasteiger partial charge in [0, 0.05) is 12.3 Å². The number of carbonyl (C=O) groups is 2. The molecule has 3 rings (SSSR count). The highest BCUT2D eigenvalue weighted by Crippen LogP contribution is 2.34. The van der Waals surface area contributed by atoms with Gasteiger partial charge in [-0.15, -0.1) is 0 Å². The zero-order valence-electron chi connectivity index (χ0n) is 11.8. The Morgan fingerprint density at radius 1 is 1.00 bits per heavy atom. The summed E-state index contributed by atoms with van der Waals surface area (Å²) in [7, 11) is 2.86. The Kier molecular flexibility index (Phi) is 2.94. The first-order valence-electron chi connectivity index (χ1n) is 6.26. The molecular formula is C15H12N2O4. The fourth-order valence-corrected chi connectivity index (χ4v) is 2.40. The lowest BCUT2D eigenvalue weighted by Gasteiger charge is -2.19. The van der Waals surface area contributed by atoms with Crippen molar-refractivity contribution >= 4 is 11.6 Å². The lowest BCUT2D eigenvalue weighted by Crippen LogP contribution is -2.25. The van der Waals surface area contributed by atoms with Crippen LogP contribution in [0.25, 0.3) is 0 Å². The minimum atomic E-state index is -0.402. The van der Waals surface area contributed by atoms with E-state index in [-0.39, 0.29) is 34.4 Å². The van der Waals surface area contributed by atoms with Gasteiger partial charge in [0.05, 0.1) is 25.3 Å². The second-order valence-corrected chi connectivity index (χ2v) is 4.60. The molecule has 106 valence electrons. The van der Waals surface area contributed by atoms with Crippen molar-refractivity contribution in [2.45, 2.75) is 6.92 Å². The number of methoxy groups -OCH3 is 2. The third kappa shape index (κ3) is 1.79. The highest BCUT2D eigenvalue weighted by Gasteiger charge is 2.36. The SMILES string of the molecule is COc1cc(OC)c2c(n1)C(=O)c1nccc(C)c1C2=O. The summed E-state index contributed by atoms with van der Waals surface area (Å²) < 4.78 is 10.3. The molecule has 2 heterocycles. The van der Waals surface area contributed by atoms with Gasteiger partial charge in [-0.05, 0) is 18.6 Å². The average molecular weight is 284 g/mol. The average Bonchev–Trinajstić information content (AvgIpc) is 2.51. The number of carbonyl (C=O) groups excluding carboxylic acids is 2. The molecule has 1 aliphatic rings. The van der Waals surface area contributed by atoms with Crippen LogP contribution in [-0.4, -0.2) is 35.8 Å². The summed E-state index contributed by atoms with van der Waals surface area (Å²) in [5.74, 6) is -0.232. The van der Waals surface area contributed by atoms with Gasteiger partial charge in [-0.2, -0.15) is 0 Å². The van der Waals surface area contributed by atoms with E-state index in [9.17, 15) is 9.59 Å². The molecule has 0 saturated carbocycles. The van der Waals surface area contributed by atoms with E-state index < -0.39 is 5.78 Å². The molecule has 0 aromatic carbocycles. The van der Waals surface area contributed by atoms with Gasteiger partial charge >= 0.3 is 0 Å². The van der Waals surface area contributed by atoms with Crippen LogP contribution in [0, 0.1) is 6.92 Å². The van der Waals surface area contributed by atoms with E-state index >= 15 is 0 Å². The molecule has 0 atom stereocenters. The molecule has 0 amide bonds. The van der Waals surface area contributed by atoms with E-state index in [0.717, 1.165) is 0 Å². The molecule has 0 aliphatic heterocycles. The third-order valence-electron chi connectivity index (χ3n) is 3.43.